The molecule has 1 aromatic carbocycles. The van der Waals surface area contributed by atoms with E-state index in [0.717, 1.165) is 24.9 Å². The van der Waals surface area contributed by atoms with Crippen LogP contribution in [0.4, 0.5) is 11.8 Å². The first-order valence-electron chi connectivity index (χ1n) is 11.8. The summed E-state index contributed by atoms with van der Waals surface area (Å²) in [5.74, 6) is 1.56. The molecule has 4 N–H and O–H groups in total. The standard InChI is InChI=1S/C24H34N6O3/c1-4-18(15(2)31)27-24-28-22(25-13-16-9-8-12-19(33-3)21(16)32)20-23(29-24)30(14-26-20)17-10-6-5-7-11-17/h8-9,12,14-15,17-18,31-32H,4-7,10-11,13H2,1-3H3,(H2,25,27,28,29). The summed E-state index contributed by atoms with van der Waals surface area (Å²) < 4.78 is 7.39. The van der Waals surface area contributed by atoms with E-state index in [1.807, 2.05) is 25.4 Å². The summed E-state index contributed by atoms with van der Waals surface area (Å²) in [6.07, 6.45) is 7.98. The molecule has 1 aliphatic rings. The number of hydrogen-bond donors (Lipinski definition) is 4. The Kier molecular flexibility index (Phi) is 7.17. The van der Waals surface area contributed by atoms with E-state index >= 15 is 0 Å². The number of aromatic nitrogens is 4. The number of aromatic hydroxyl groups is 1. The van der Waals surface area contributed by atoms with Gasteiger partial charge in [0, 0.05) is 18.2 Å². The third kappa shape index (κ3) is 4.98. The average molecular weight is 455 g/mol. The maximum Gasteiger partial charge on any atom is 0.227 e. The molecule has 2 atom stereocenters. The van der Waals surface area contributed by atoms with Crippen LogP contribution in [0.5, 0.6) is 11.5 Å². The van der Waals surface area contributed by atoms with Crippen LogP contribution in [0, 0.1) is 0 Å². The van der Waals surface area contributed by atoms with Gasteiger partial charge in [-0.05, 0) is 32.3 Å². The summed E-state index contributed by atoms with van der Waals surface area (Å²) in [5.41, 5.74) is 2.16. The summed E-state index contributed by atoms with van der Waals surface area (Å²) in [6.45, 7) is 4.12. The van der Waals surface area contributed by atoms with Crippen LogP contribution in [0.25, 0.3) is 11.2 Å². The highest BCUT2D eigenvalue weighted by molar-refractivity contribution is 5.84. The Bertz CT molecular complexity index is 1080. The number of phenols is 1. The molecule has 4 rings (SSSR count). The molecule has 9 nitrogen and oxygen atoms in total. The van der Waals surface area contributed by atoms with Crippen molar-refractivity contribution in [2.45, 2.75) is 77.1 Å². The Hall–Kier alpha value is -3.07. The van der Waals surface area contributed by atoms with E-state index in [-0.39, 0.29) is 11.8 Å². The Morgan fingerprint density at radius 1 is 1.21 bits per heavy atom. The van der Waals surface area contributed by atoms with Gasteiger partial charge in [-0.2, -0.15) is 9.97 Å². The fourth-order valence-electron chi connectivity index (χ4n) is 4.51. The molecule has 0 bridgehead atoms. The van der Waals surface area contributed by atoms with Crippen molar-refractivity contribution >= 4 is 22.9 Å². The van der Waals surface area contributed by atoms with Crippen molar-refractivity contribution in [3.8, 4) is 11.5 Å². The normalized spacial score (nSPS) is 16.5. The van der Waals surface area contributed by atoms with Crippen LogP contribution < -0.4 is 15.4 Å². The maximum atomic E-state index is 10.5. The molecular formula is C24H34N6O3. The number of benzene rings is 1. The van der Waals surface area contributed by atoms with Gasteiger partial charge in [0.25, 0.3) is 0 Å². The Labute approximate surface area is 194 Å². The number of hydrogen-bond acceptors (Lipinski definition) is 8. The van der Waals surface area contributed by atoms with Gasteiger partial charge in [0.1, 0.15) is 0 Å². The first kappa shape index (κ1) is 23.1. The molecule has 0 saturated heterocycles. The number of fused-ring (bicyclic) bond motifs is 1. The zero-order chi connectivity index (χ0) is 23.4. The zero-order valence-corrected chi connectivity index (χ0v) is 19.6. The number of rotatable bonds is 9. The van der Waals surface area contributed by atoms with Gasteiger partial charge in [0.15, 0.2) is 28.5 Å². The smallest absolute Gasteiger partial charge is 0.227 e. The van der Waals surface area contributed by atoms with Crippen molar-refractivity contribution in [3.63, 3.8) is 0 Å². The van der Waals surface area contributed by atoms with Gasteiger partial charge in [-0.25, -0.2) is 4.98 Å². The van der Waals surface area contributed by atoms with E-state index < -0.39 is 6.10 Å². The molecule has 3 aromatic rings. The van der Waals surface area contributed by atoms with Crippen molar-refractivity contribution < 1.29 is 14.9 Å². The molecule has 0 radical (unpaired) electrons. The largest absolute Gasteiger partial charge is 0.504 e. The van der Waals surface area contributed by atoms with Crippen LogP contribution in [0.1, 0.15) is 64.0 Å². The van der Waals surface area contributed by atoms with E-state index in [0.29, 0.717) is 41.2 Å². The van der Waals surface area contributed by atoms with Gasteiger partial charge in [-0.15, -0.1) is 0 Å². The molecule has 9 heteroatoms. The van der Waals surface area contributed by atoms with Crippen LogP contribution in [0.2, 0.25) is 0 Å². The summed E-state index contributed by atoms with van der Waals surface area (Å²) in [6, 6.07) is 5.61. The lowest BCUT2D eigenvalue weighted by atomic mass is 9.95. The van der Waals surface area contributed by atoms with Gasteiger partial charge in [-0.1, -0.05) is 38.3 Å². The highest BCUT2D eigenvalue weighted by atomic mass is 16.5. The van der Waals surface area contributed by atoms with Gasteiger partial charge in [0.05, 0.1) is 25.6 Å². The van der Waals surface area contributed by atoms with Gasteiger partial charge >= 0.3 is 0 Å². The minimum absolute atomic E-state index is 0.101. The Balaban J connectivity index is 1.69. The molecule has 0 amide bonds. The molecule has 1 saturated carbocycles. The summed E-state index contributed by atoms with van der Waals surface area (Å²) >= 11 is 0. The number of phenolic OH excluding ortho intramolecular Hbond substituents is 1. The van der Waals surface area contributed by atoms with Crippen LogP contribution >= 0.6 is 0 Å². The minimum Gasteiger partial charge on any atom is -0.504 e. The van der Waals surface area contributed by atoms with E-state index in [1.54, 1.807) is 13.0 Å². The van der Waals surface area contributed by atoms with Gasteiger partial charge < -0.3 is 30.2 Å². The molecule has 2 unspecified atom stereocenters. The van der Waals surface area contributed by atoms with Crippen molar-refractivity contribution in [2.24, 2.45) is 0 Å². The molecule has 33 heavy (non-hydrogen) atoms. The topological polar surface area (TPSA) is 117 Å². The van der Waals surface area contributed by atoms with E-state index in [1.165, 1.54) is 26.4 Å². The molecule has 2 heterocycles. The van der Waals surface area contributed by atoms with E-state index in [9.17, 15) is 10.2 Å². The zero-order valence-electron chi connectivity index (χ0n) is 19.6. The predicted molar refractivity (Wildman–Crippen MR) is 129 cm³/mol. The molecule has 2 aromatic heterocycles. The molecule has 1 aliphatic carbocycles. The Morgan fingerprint density at radius 2 is 2.00 bits per heavy atom. The predicted octanol–water partition coefficient (Wildman–Crippen LogP) is 4.23. The van der Waals surface area contributed by atoms with E-state index in [4.69, 9.17) is 9.72 Å². The molecule has 0 aliphatic heterocycles. The van der Waals surface area contributed by atoms with Crippen molar-refractivity contribution in [1.82, 2.24) is 19.5 Å². The second kappa shape index (κ2) is 10.2. The van der Waals surface area contributed by atoms with Gasteiger partial charge in [0.2, 0.25) is 5.95 Å². The van der Waals surface area contributed by atoms with E-state index in [2.05, 4.69) is 25.2 Å². The van der Waals surface area contributed by atoms with Crippen LogP contribution in [0.3, 0.4) is 0 Å². The van der Waals surface area contributed by atoms with Gasteiger partial charge in [-0.3, -0.25) is 0 Å². The number of aliphatic hydroxyl groups is 1. The highest BCUT2D eigenvalue weighted by Crippen LogP contribution is 2.33. The lowest BCUT2D eigenvalue weighted by molar-refractivity contribution is 0.169. The quantitative estimate of drug-likeness (QED) is 0.379. The molecular weight excluding hydrogens is 420 g/mol. The Morgan fingerprint density at radius 3 is 2.70 bits per heavy atom. The van der Waals surface area contributed by atoms with Crippen molar-refractivity contribution in [1.29, 1.82) is 0 Å². The lowest BCUT2D eigenvalue weighted by Gasteiger charge is -2.24. The fourth-order valence-corrected chi connectivity index (χ4v) is 4.51. The maximum absolute atomic E-state index is 10.5. The third-order valence-corrected chi connectivity index (χ3v) is 6.47. The number of methoxy groups -OCH3 is 1. The molecule has 178 valence electrons. The van der Waals surface area contributed by atoms with Crippen LogP contribution in [-0.4, -0.2) is 49.0 Å². The SMILES string of the molecule is CCC(Nc1nc(NCc2cccc(OC)c2O)c2ncn(C3CCCCC3)c2n1)C(C)O. The second-order valence-corrected chi connectivity index (χ2v) is 8.73. The molecule has 0 spiro atoms. The molecule has 1 fully saturated rings. The summed E-state index contributed by atoms with van der Waals surface area (Å²) in [4.78, 5) is 14.1. The van der Waals surface area contributed by atoms with Crippen molar-refractivity contribution in [2.75, 3.05) is 17.7 Å². The number of imidazole rings is 1. The average Bonchev–Trinajstić information content (AvgIpc) is 3.26. The third-order valence-electron chi connectivity index (χ3n) is 6.47. The van der Waals surface area contributed by atoms with Crippen molar-refractivity contribution in [3.05, 3.63) is 30.1 Å². The number of ether oxygens (including phenoxy) is 1. The monoisotopic (exact) mass is 454 g/mol. The minimum atomic E-state index is -0.539. The lowest BCUT2D eigenvalue weighted by Crippen LogP contribution is -2.31. The number of para-hydroxylation sites is 1. The fraction of sp³-hybridized carbons (Fsp3) is 0.542. The number of aliphatic hydroxyl groups excluding tert-OH is 1. The van der Waals surface area contributed by atoms with Crippen LogP contribution in [0.15, 0.2) is 24.5 Å². The number of nitrogens with zero attached hydrogens (tertiary/aromatic N) is 4. The second-order valence-electron chi connectivity index (χ2n) is 8.73. The highest BCUT2D eigenvalue weighted by Gasteiger charge is 2.22. The first-order valence-corrected chi connectivity index (χ1v) is 11.8. The van der Waals surface area contributed by atoms with Crippen LogP contribution in [-0.2, 0) is 6.54 Å². The number of anilines is 2. The summed E-state index contributed by atoms with van der Waals surface area (Å²) in [7, 11) is 1.53. The number of nitrogens with one attached hydrogen (secondary N) is 2. The summed E-state index contributed by atoms with van der Waals surface area (Å²) in [5, 5.41) is 27.2. The first-order chi connectivity index (χ1) is 16.0.